The highest BCUT2D eigenvalue weighted by Crippen LogP contribution is 2.30. The molecule has 4 aromatic rings. The second-order valence-corrected chi connectivity index (χ2v) is 6.62. The van der Waals surface area contributed by atoms with Crippen LogP contribution < -0.4 is 11.1 Å². The number of esters is 1. The number of nitrogens with zero attached hydrogens (tertiary/aromatic N) is 2. The Morgan fingerprint density at radius 1 is 1.00 bits per heavy atom. The zero-order valence-corrected chi connectivity index (χ0v) is 15.6. The number of ether oxygens (including phenoxy) is 1. The van der Waals surface area contributed by atoms with E-state index < -0.39 is 35.4 Å². The topological polar surface area (TPSA) is 118 Å². The van der Waals surface area contributed by atoms with Gasteiger partial charge in [-0.25, -0.2) is 10.1 Å². The van der Waals surface area contributed by atoms with Gasteiger partial charge in [-0.3, -0.25) is 14.4 Å². The van der Waals surface area contributed by atoms with Gasteiger partial charge < -0.3 is 9.72 Å². The molecule has 2 N–H and O–H groups in total. The minimum Gasteiger partial charge on any atom is -0.457 e. The number of alkyl halides is 3. The molecule has 2 aromatic heterocycles. The molecule has 2 aromatic carbocycles. The molecule has 0 amide bonds. The van der Waals surface area contributed by atoms with Gasteiger partial charge in [0.15, 0.2) is 0 Å². The quantitative estimate of drug-likeness (QED) is 0.481. The first-order chi connectivity index (χ1) is 14.7. The van der Waals surface area contributed by atoms with Gasteiger partial charge in [0.25, 0.3) is 11.1 Å². The van der Waals surface area contributed by atoms with Crippen LogP contribution in [0.5, 0.6) is 0 Å². The van der Waals surface area contributed by atoms with E-state index in [1.807, 2.05) is 0 Å². The first-order valence-corrected chi connectivity index (χ1v) is 8.94. The van der Waals surface area contributed by atoms with Crippen LogP contribution in [0.2, 0.25) is 0 Å². The van der Waals surface area contributed by atoms with Crippen molar-refractivity contribution in [3.8, 4) is 0 Å². The number of fused-ring (bicyclic) bond motifs is 2. The fourth-order valence-corrected chi connectivity index (χ4v) is 3.08. The highest BCUT2D eigenvalue weighted by molar-refractivity contribution is 5.86. The lowest BCUT2D eigenvalue weighted by molar-refractivity contribution is -0.144. The lowest BCUT2D eigenvalue weighted by Gasteiger charge is -2.09. The molecule has 158 valence electrons. The number of rotatable bonds is 4. The molecular formula is C20H13F3N4O4. The number of benzene rings is 2. The third kappa shape index (κ3) is 4.15. The van der Waals surface area contributed by atoms with Gasteiger partial charge in [-0.2, -0.15) is 18.3 Å². The maximum Gasteiger partial charge on any atom is 0.416 e. The highest BCUT2D eigenvalue weighted by atomic mass is 19.4. The van der Waals surface area contributed by atoms with Crippen LogP contribution in [-0.2, 0) is 28.7 Å². The first kappa shape index (κ1) is 20.3. The summed E-state index contributed by atoms with van der Waals surface area (Å²) in [5.74, 6) is -0.832. The molecule has 0 aliphatic carbocycles. The van der Waals surface area contributed by atoms with Gasteiger partial charge in [0, 0.05) is 5.39 Å². The monoisotopic (exact) mass is 430 g/mol. The standard InChI is InChI=1S/C20H13F3N4O4/c21-20(22,23)10-5-6-13-14(7-10)24-16(25-18(13)29)9-31-17(28)8-15-11-3-1-2-4-12(11)19(30)27-26-15/h1-7H,8-9H2,(H,27,30)(H,24,25,29). The van der Waals surface area contributed by atoms with E-state index >= 15 is 0 Å². The molecule has 0 saturated carbocycles. The van der Waals surface area contributed by atoms with Crippen LogP contribution in [-0.4, -0.2) is 26.1 Å². The summed E-state index contributed by atoms with van der Waals surface area (Å²) in [5, 5.41) is 7.00. The number of nitrogens with one attached hydrogen (secondary N) is 2. The second-order valence-electron chi connectivity index (χ2n) is 6.62. The molecule has 0 fully saturated rings. The summed E-state index contributed by atoms with van der Waals surface area (Å²) >= 11 is 0. The van der Waals surface area contributed by atoms with Crippen molar-refractivity contribution in [2.45, 2.75) is 19.2 Å². The molecule has 4 rings (SSSR count). The number of hydrogen-bond donors (Lipinski definition) is 2. The molecule has 0 radical (unpaired) electrons. The van der Waals surface area contributed by atoms with Crippen LogP contribution in [0, 0.1) is 0 Å². The Hall–Kier alpha value is -4.02. The van der Waals surface area contributed by atoms with Crippen molar-refractivity contribution in [3.05, 3.63) is 80.3 Å². The van der Waals surface area contributed by atoms with Gasteiger partial charge in [-0.05, 0) is 24.3 Å². The van der Waals surface area contributed by atoms with Crippen LogP contribution in [0.1, 0.15) is 17.1 Å². The minimum absolute atomic E-state index is 0.0213. The molecule has 0 saturated heterocycles. The van der Waals surface area contributed by atoms with Crippen LogP contribution in [0.3, 0.4) is 0 Å². The molecule has 31 heavy (non-hydrogen) atoms. The molecule has 2 heterocycles. The predicted octanol–water partition coefficient (Wildman–Crippen LogP) is 2.46. The van der Waals surface area contributed by atoms with Gasteiger partial charge in [-0.1, -0.05) is 18.2 Å². The van der Waals surface area contributed by atoms with E-state index in [0.717, 1.165) is 18.2 Å². The summed E-state index contributed by atoms with van der Waals surface area (Å²) < 4.78 is 43.8. The zero-order valence-electron chi connectivity index (χ0n) is 15.6. The lowest BCUT2D eigenvalue weighted by Crippen LogP contribution is -2.17. The number of aromatic amines is 2. The average molecular weight is 430 g/mol. The fourth-order valence-electron chi connectivity index (χ4n) is 3.08. The maximum atomic E-state index is 12.9. The number of aromatic nitrogens is 4. The van der Waals surface area contributed by atoms with Gasteiger partial charge in [0.1, 0.15) is 12.4 Å². The third-order valence-electron chi connectivity index (χ3n) is 4.54. The van der Waals surface area contributed by atoms with Crippen molar-refractivity contribution in [2.24, 2.45) is 0 Å². The fraction of sp³-hybridized carbons (Fsp3) is 0.150. The number of halogens is 3. The van der Waals surface area contributed by atoms with E-state index in [1.54, 1.807) is 24.3 Å². The van der Waals surface area contributed by atoms with Crippen LogP contribution >= 0.6 is 0 Å². The lowest BCUT2D eigenvalue weighted by atomic mass is 10.1. The Balaban J connectivity index is 1.54. The van der Waals surface area contributed by atoms with Gasteiger partial charge >= 0.3 is 12.1 Å². The van der Waals surface area contributed by atoms with Gasteiger partial charge in [0.05, 0.1) is 34.0 Å². The van der Waals surface area contributed by atoms with E-state index in [0.29, 0.717) is 10.8 Å². The first-order valence-electron chi connectivity index (χ1n) is 8.94. The third-order valence-corrected chi connectivity index (χ3v) is 4.54. The van der Waals surface area contributed by atoms with E-state index in [9.17, 15) is 27.6 Å². The molecule has 0 spiro atoms. The highest BCUT2D eigenvalue weighted by Gasteiger charge is 2.30. The number of carbonyl (C=O) groups is 1. The van der Waals surface area contributed by atoms with Gasteiger partial charge in [0.2, 0.25) is 0 Å². The van der Waals surface area contributed by atoms with E-state index in [1.165, 1.54) is 0 Å². The minimum atomic E-state index is -4.59. The van der Waals surface area contributed by atoms with Crippen molar-refractivity contribution in [3.63, 3.8) is 0 Å². The van der Waals surface area contributed by atoms with Crippen LogP contribution in [0.25, 0.3) is 21.7 Å². The summed E-state index contributed by atoms with van der Waals surface area (Å²) in [7, 11) is 0. The van der Waals surface area contributed by atoms with Crippen LogP contribution in [0.4, 0.5) is 13.2 Å². The Kier molecular flexibility index (Phi) is 5.01. The molecule has 8 nitrogen and oxygen atoms in total. The smallest absolute Gasteiger partial charge is 0.416 e. The average Bonchev–Trinajstić information content (AvgIpc) is 2.73. The van der Waals surface area contributed by atoms with E-state index in [-0.39, 0.29) is 28.8 Å². The molecule has 0 aliphatic rings. The van der Waals surface area contributed by atoms with Crippen molar-refractivity contribution < 1.29 is 22.7 Å². The van der Waals surface area contributed by atoms with E-state index in [2.05, 4.69) is 20.2 Å². The Morgan fingerprint density at radius 3 is 2.48 bits per heavy atom. The Bertz CT molecular complexity index is 1430. The summed E-state index contributed by atoms with van der Waals surface area (Å²) in [6, 6.07) is 9.17. The molecule has 0 bridgehead atoms. The summed E-state index contributed by atoms with van der Waals surface area (Å²) in [4.78, 5) is 42.5. The zero-order chi connectivity index (χ0) is 22.2. The van der Waals surface area contributed by atoms with Crippen molar-refractivity contribution in [1.29, 1.82) is 0 Å². The summed E-state index contributed by atoms with van der Waals surface area (Å²) in [6.07, 6.45) is -4.86. The van der Waals surface area contributed by atoms with Crippen molar-refractivity contribution >= 4 is 27.6 Å². The van der Waals surface area contributed by atoms with Crippen molar-refractivity contribution in [1.82, 2.24) is 20.2 Å². The van der Waals surface area contributed by atoms with Crippen LogP contribution in [0.15, 0.2) is 52.1 Å². The molecule has 0 unspecified atom stereocenters. The van der Waals surface area contributed by atoms with Gasteiger partial charge in [-0.15, -0.1) is 0 Å². The molecule has 0 aliphatic heterocycles. The SMILES string of the molecule is O=C(Cc1n[nH]c(=O)c2ccccc12)OCc1nc2cc(C(F)(F)F)ccc2c(=O)[nH]1. The number of H-pyrrole nitrogens is 2. The molecular weight excluding hydrogens is 417 g/mol. The van der Waals surface area contributed by atoms with E-state index in [4.69, 9.17) is 4.74 Å². The largest absolute Gasteiger partial charge is 0.457 e. The molecule has 11 heteroatoms. The second kappa shape index (κ2) is 7.67. The van der Waals surface area contributed by atoms with Crippen molar-refractivity contribution in [2.75, 3.05) is 0 Å². The number of hydrogen-bond acceptors (Lipinski definition) is 6. The summed E-state index contributed by atoms with van der Waals surface area (Å²) in [5.41, 5.74) is -1.88. The number of carbonyl (C=O) groups excluding carboxylic acids is 1. The molecule has 0 atom stereocenters. The summed E-state index contributed by atoms with van der Waals surface area (Å²) in [6.45, 7) is -0.457. The predicted molar refractivity (Wildman–Crippen MR) is 103 cm³/mol. The maximum absolute atomic E-state index is 12.9. The Morgan fingerprint density at radius 2 is 1.74 bits per heavy atom. The Labute approximate surface area is 170 Å². The normalized spacial score (nSPS) is 11.7.